The number of rotatable bonds is 3. The molecule has 1 aromatic carbocycles. The summed E-state index contributed by atoms with van der Waals surface area (Å²) in [5.74, 6) is -0.696. The first kappa shape index (κ1) is 12.8. The van der Waals surface area contributed by atoms with E-state index in [-0.39, 0.29) is 15.7 Å². The van der Waals surface area contributed by atoms with Crippen molar-refractivity contribution >= 4 is 27.3 Å². The van der Waals surface area contributed by atoms with Crippen LogP contribution >= 0.6 is 11.6 Å². The first-order chi connectivity index (χ1) is 8.50. The second-order valence-electron chi connectivity index (χ2n) is 3.37. The van der Waals surface area contributed by atoms with Crippen molar-refractivity contribution < 1.29 is 12.8 Å². The summed E-state index contributed by atoms with van der Waals surface area (Å²) >= 11 is 5.66. The van der Waals surface area contributed by atoms with Gasteiger partial charge in [0.25, 0.3) is 10.0 Å². The van der Waals surface area contributed by atoms with Crippen LogP contribution in [0.15, 0.2) is 47.6 Å². The zero-order valence-electron chi connectivity index (χ0n) is 8.97. The van der Waals surface area contributed by atoms with Crippen LogP contribution in [0, 0.1) is 5.82 Å². The highest BCUT2D eigenvalue weighted by Gasteiger charge is 2.17. The third kappa shape index (κ3) is 2.60. The molecule has 0 spiro atoms. The molecule has 1 N–H and O–H groups in total. The molecular weight excluding hydrogens is 279 g/mol. The zero-order valence-corrected chi connectivity index (χ0v) is 10.5. The highest BCUT2D eigenvalue weighted by molar-refractivity contribution is 7.92. The second kappa shape index (κ2) is 4.91. The topological polar surface area (TPSA) is 59.1 Å². The zero-order chi connectivity index (χ0) is 13.2. The molecule has 0 aliphatic carbocycles. The molecule has 0 saturated heterocycles. The molecule has 1 aromatic heterocycles. The summed E-state index contributed by atoms with van der Waals surface area (Å²) in [4.78, 5) is 3.71. The van der Waals surface area contributed by atoms with E-state index in [1.54, 1.807) is 6.07 Å². The Hall–Kier alpha value is -1.66. The van der Waals surface area contributed by atoms with Gasteiger partial charge in [0.1, 0.15) is 10.8 Å². The highest BCUT2D eigenvalue weighted by atomic mass is 35.5. The minimum atomic E-state index is -3.86. The summed E-state index contributed by atoms with van der Waals surface area (Å²) in [6.45, 7) is 0. The number of benzene rings is 1. The maximum absolute atomic E-state index is 13.2. The smallest absolute Gasteiger partial charge is 0.277 e. The summed E-state index contributed by atoms with van der Waals surface area (Å²) in [6, 6.07) is 8.32. The molecule has 2 rings (SSSR count). The van der Waals surface area contributed by atoms with Gasteiger partial charge in [-0.25, -0.2) is 9.37 Å². The van der Waals surface area contributed by atoms with Gasteiger partial charge in [-0.05, 0) is 24.3 Å². The number of pyridine rings is 1. The molecule has 94 valence electrons. The Bertz CT molecular complexity index is 662. The van der Waals surface area contributed by atoms with E-state index in [0.29, 0.717) is 0 Å². The van der Waals surface area contributed by atoms with Crippen LogP contribution in [0.4, 0.5) is 10.1 Å². The normalized spacial score (nSPS) is 11.2. The van der Waals surface area contributed by atoms with E-state index in [0.717, 1.165) is 6.07 Å². The summed E-state index contributed by atoms with van der Waals surface area (Å²) in [6.07, 6.45) is 1.35. The standard InChI is InChI=1S/C11H8ClFN2O2S/c12-11-8(13)4-3-5-9(11)15-18(16,17)10-6-1-2-7-14-10/h1-7,15H. The minimum absolute atomic E-state index is 0.0256. The van der Waals surface area contributed by atoms with Crippen molar-refractivity contribution in [3.8, 4) is 0 Å². The molecule has 0 bridgehead atoms. The fraction of sp³-hybridized carbons (Fsp3) is 0. The average molecular weight is 287 g/mol. The van der Waals surface area contributed by atoms with Gasteiger partial charge in [0.15, 0.2) is 5.03 Å². The number of halogens is 2. The minimum Gasteiger partial charge on any atom is -0.277 e. The molecular formula is C11H8ClFN2O2S. The van der Waals surface area contributed by atoms with Gasteiger partial charge in [-0.3, -0.25) is 4.72 Å². The van der Waals surface area contributed by atoms with Crippen LogP contribution in [0.25, 0.3) is 0 Å². The number of aromatic nitrogens is 1. The lowest BCUT2D eigenvalue weighted by Crippen LogP contribution is -2.14. The molecule has 0 saturated carbocycles. The van der Waals surface area contributed by atoms with E-state index in [4.69, 9.17) is 11.6 Å². The molecule has 2 aromatic rings. The maximum Gasteiger partial charge on any atom is 0.279 e. The van der Waals surface area contributed by atoms with Crippen molar-refractivity contribution in [2.45, 2.75) is 5.03 Å². The van der Waals surface area contributed by atoms with Gasteiger partial charge in [0.2, 0.25) is 0 Å². The number of nitrogens with zero attached hydrogens (tertiary/aromatic N) is 1. The van der Waals surface area contributed by atoms with Crippen molar-refractivity contribution in [3.63, 3.8) is 0 Å². The van der Waals surface area contributed by atoms with E-state index >= 15 is 0 Å². The molecule has 7 heteroatoms. The van der Waals surface area contributed by atoms with Gasteiger partial charge in [-0.1, -0.05) is 23.7 Å². The Labute approximate surface area is 108 Å². The predicted molar refractivity (Wildman–Crippen MR) is 66.5 cm³/mol. The van der Waals surface area contributed by atoms with E-state index in [1.165, 1.54) is 30.5 Å². The van der Waals surface area contributed by atoms with Crippen LogP contribution in [0.3, 0.4) is 0 Å². The van der Waals surface area contributed by atoms with Crippen LogP contribution in [0.5, 0.6) is 0 Å². The van der Waals surface area contributed by atoms with E-state index in [9.17, 15) is 12.8 Å². The fourth-order valence-electron chi connectivity index (χ4n) is 1.29. The van der Waals surface area contributed by atoms with Crippen molar-refractivity contribution in [2.24, 2.45) is 0 Å². The Morgan fingerprint density at radius 1 is 1.17 bits per heavy atom. The van der Waals surface area contributed by atoms with Crippen molar-refractivity contribution in [2.75, 3.05) is 4.72 Å². The fourth-order valence-corrected chi connectivity index (χ4v) is 2.54. The summed E-state index contributed by atoms with van der Waals surface area (Å²) < 4.78 is 39.2. The van der Waals surface area contributed by atoms with Crippen LogP contribution in [-0.2, 0) is 10.0 Å². The maximum atomic E-state index is 13.2. The summed E-state index contributed by atoms with van der Waals surface area (Å²) in [5, 5.41) is -0.442. The van der Waals surface area contributed by atoms with Crippen LogP contribution in [0.2, 0.25) is 5.02 Å². The van der Waals surface area contributed by atoms with Gasteiger partial charge in [-0.2, -0.15) is 8.42 Å². The number of hydrogen-bond donors (Lipinski definition) is 1. The molecule has 18 heavy (non-hydrogen) atoms. The number of anilines is 1. The van der Waals surface area contributed by atoms with E-state index in [1.807, 2.05) is 0 Å². The monoisotopic (exact) mass is 286 g/mol. The lowest BCUT2D eigenvalue weighted by Gasteiger charge is -2.08. The van der Waals surface area contributed by atoms with Crippen LogP contribution in [-0.4, -0.2) is 13.4 Å². The van der Waals surface area contributed by atoms with Crippen LogP contribution in [0.1, 0.15) is 0 Å². The second-order valence-corrected chi connectivity index (χ2v) is 5.38. The predicted octanol–water partition coefficient (Wildman–Crippen LogP) is 2.67. The molecule has 0 amide bonds. The third-order valence-electron chi connectivity index (χ3n) is 2.11. The quantitative estimate of drug-likeness (QED) is 0.944. The van der Waals surface area contributed by atoms with E-state index < -0.39 is 15.8 Å². The van der Waals surface area contributed by atoms with Crippen molar-refractivity contribution in [3.05, 3.63) is 53.4 Å². The lowest BCUT2D eigenvalue weighted by molar-refractivity contribution is 0.597. The highest BCUT2D eigenvalue weighted by Crippen LogP contribution is 2.26. The molecule has 0 unspecified atom stereocenters. The first-order valence-electron chi connectivity index (χ1n) is 4.88. The summed E-state index contributed by atoms with van der Waals surface area (Å²) in [7, 11) is -3.86. The largest absolute Gasteiger partial charge is 0.279 e. The Kier molecular flexibility index (Phi) is 3.49. The Morgan fingerprint density at radius 2 is 1.94 bits per heavy atom. The first-order valence-corrected chi connectivity index (χ1v) is 6.75. The molecule has 1 heterocycles. The number of hydrogen-bond acceptors (Lipinski definition) is 3. The van der Waals surface area contributed by atoms with E-state index in [2.05, 4.69) is 9.71 Å². The Balaban J connectivity index is 2.37. The van der Waals surface area contributed by atoms with Crippen molar-refractivity contribution in [1.82, 2.24) is 4.98 Å². The number of sulfonamides is 1. The Morgan fingerprint density at radius 3 is 2.61 bits per heavy atom. The molecule has 0 atom stereocenters. The van der Waals surface area contributed by atoms with Gasteiger partial charge in [0.05, 0.1) is 5.69 Å². The van der Waals surface area contributed by atoms with Crippen molar-refractivity contribution in [1.29, 1.82) is 0 Å². The number of nitrogens with one attached hydrogen (secondary N) is 1. The van der Waals surface area contributed by atoms with Crippen LogP contribution < -0.4 is 4.72 Å². The summed E-state index contributed by atoms with van der Waals surface area (Å²) in [5.41, 5.74) is -0.0256. The van der Waals surface area contributed by atoms with Gasteiger partial charge in [0, 0.05) is 6.20 Å². The molecule has 0 aliphatic rings. The SMILES string of the molecule is O=S(=O)(Nc1cccc(F)c1Cl)c1ccccn1. The van der Waals surface area contributed by atoms with Gasteiger partial charge >= 0.3 is 0 Å². The molecule has 0 radical (unpaired) electrons. The van der Waals surface area contributed by atoms with Gasteiger partial charge in [-0.15, -0.1) is 0 Å². The molecule has 4 nitrogen and oxygen atoms in total. The third-order valence-corrected chi connectivity index (χ3v) is 3.77. The molecule has 0 fully saturated rings. The molecule has 0 aliphatic heterocycles. The van der Waals surface area contributed by atoms with Gasteiger partial charge < -0.3 is 0 Å². The lowest BCUT2D eigenvalue weighted by atomic mass is 10.3. The average Bonchev–Trinajstić information content (AvgIpc) is 2.36.